The minimum atomic E-state index is -0.253. The van der Waals surface area contributed by atoms with E-state index in [-0.39, 0.29) is 12.2 Å². The van der Waals surface area contributed by atoms with Crippen molar-refractivity contribution in [2.75, 3.05) is 0 Å². The van der Waals surface area contributed by atoms with Gasteiger partial charge in [-0.15, -0.1) is 0 Å². The summed E-state index contributed by atoms with van der Waals surface area (Å²) in [5.41, 5.74) is 0. The van der Waals surface area contributed by atoms with Gasteiger partial charge in [-0.05, 0) is 45.4 Å². The second-order valence-electron chi connectivity index (χ2n) is 6.82. The molecule has 0 radical (unpaired) electrons. The third-order valence-electron chi connectivity index (χ3n) is 4.60. The molecule has 1 N–H and O–H groups in total. The molecule has 1 fully saturated rings. The first-order valence-corrected chi connectivity index (χ1v) is 8.97. The van der Waals surface area contributed by atoms with E-state index >= 15 is 0 Å². The number of aliphatic hydroxyl groups is 1. The molecule has 0 aromatic heterocycles. The fraction of sp³-hybridized carbons (Fsp3) is 1.00. The van der Waals surface area contributed by atoms with Crippen LogP contribution in [-0.4, -0.2) is 23.4 Å². The summed E-state index contributed by atoms with van der Waals surface area (Å²) in [7, 11) is 0. The van der Waals surface area contributed by atoms with Gasteiger partial charge in [-0.3, -0.25) is 0 Å². The number of unbranched alkanes of at least 4 members (excludes halogenated alkanes) is 3. The van der Waals surface area contributed by atoms with Crippen molar-refractivity contribution in [2.24, 2.45) is 5.92 Å². The maximum Gasteiger partial charge on any atom is 0.0606 e. The van der Waals surface area contributed by atoms with Crippen LogP contribution in [0.3, 0.4) is 0 Å². The highest BCUT2D eigenvalue weighted by molar-refractivity contribution is 4.76. The molecule has 0 aromatic rings. The summed E-state index contributed by atoms with van der Waals surface area (Å²) in [6.07, 6.45) is 14.5. The number of aliphatic hydroxyl groups excluding tert-OH is 1. The molecular formula is C18H36O2. The normalized spacial score (nSPS) is 21.6. The van der Waals surface area contributed by atoms with Crippen LogP contribution in [0.5, 0.6) is 0 Å². The summed E-state index contributed by atoms with van der Waals surface area (Å²) >= 11 is 0. The first-order valence-electron chi connectivity index (χ1n) is 8.97. The van der Waals surface area contributed by atoms with Crippen LogP contribution in [0.15, 0.2) is 0 Å². The minimum Gasteiger partial charge on any atom is -0.393 e. The Morgan fingerprint density at radius 3 is 2.35 bits per heavy atom. The first-order chi connectivity index (χ1) is 9.63. The Morgan fingerprint density at radius 1 is 1.05 bits per heavy atom. The fourth-order valence-corrected chi connectivity index (χ4v) is 3.53. The fourth-order valence-electron chi connectivity index (χ4n) is 3.53. The number of hydrogen-bond acceptors (Lipinski definition) is 2. The van der Waals surface area contributed by atoms with Gasteiger partial charge in [0, 0.05) is 0 Å². The molecule has 0 unspecified atom stereocenters. The summed E-state index contributed by atoms with van der Waals surface area (Å²) in [6, 6.07) is 0. The lowest BCUT2D eigenvalue weighted by atomic mass is 9.83. The maximum absolute atomic E-state index is 9.51. The van der Waals surface area contributed by atoms with E-state index in [1.807, 2.05) is 6.92 Å². The van der Waals surface area contributed by atoms with Crippen LogP contribution >= 0.6 is 0 Å². The van der Waals surface area contributed by atoms with E-state index in [4.69, 9.17) is 4.74 Å². The molecule has 1 aliphatic rings. The van der Waals surface area contributed by atoms with Gasteiger partial charge in [0.05, 0.1) is 18.3 Å². The summed E-state index contributed by atoms with van der Waals surface area (Å²) in [5, 5.41) is 9.51. The van der Waals surface area contributed by atoms with Gasteiger partial charge in [0.15, 0.2) is 0 Å². The number of hydrogen-bond donors (Lipinski definition) is 1. The molecule has 20 heavy (non-hydrogen) atoms. The summed E-state index contributed by atoms with van der Waals surface area (Å²) in [5.74, 6) is 0.766. The van der Waals surface area contributed by atoms with E-state index < -0.39 is 0 Å². The molecule has 120 valence electrons. The van der Waals surface area contributed by atoms with Gasteiger partial charge in [0.25, 0.3) is 0 Å². The Kier molecular flexibility index (Phi) is 9.54. The van der Waals surface area contributed by atoms with Crippen molar-refractivity contribution in [1.29, 1.82) is 0 Å². The average Bonchev–Trinajstić information content (AvgIpc) is 2.42. The van der Waals surface area contributed by atoms with E-state index in [0.29, 0.717) is 6.10 Å². The monoisotopic (exact) mass is 284 g/mol. The van der Waals surface area contributed by atoms with Crippen LogP contribution in [0.2, 0.25) is 0 Å². The van der Waals surface area contributed by atoms with Gasteiger partial charge in [-0.2, -0.15) is 0 Å². The third kappa shape index (κ3) is 7.64. The van der Waals surface area contributed by atoms with Gasteiger partial charge >= 0.3 is 0 Å². The Labute approximate surface area is 126 Å². The van der Waals surface area contributed by atoms with Gasteiger partial charge in [-0.25, -0.2) is 0 Å². The molecule has 0 aliphatic heterocycles. The lowest BCUT2D eigenvalue weighted by Crippen LogP contribution is -2.31. The Hall–Kier alpha value is -0.0800. The standard InChI is InChI=1S/C18H36O2/c1-4-5-6-10-13-18(17-11-8-7-9-12-17)20-16(3)14-15(2)19/h15-19H,4-14H2,1-3H3/t15-,16-,18+/m1/s1. The van der Waals surface area contributed by atoms with Crippen LogP contribution in [-0.2, 0) is 4.74 Å². The summed E-state index contributed by atoms with van der Waals surface area (Å²) < 4.78 is 6.32. The molecule has 1 saturated carbocycles. The van der Waals surface area contributed by atoms with Crippen molar-refractivity contribution in [3.05, 3.63) is 0 Å². The molecule has 1 rings (SSSR count). The van der Waals surface area contributed by atoms with Crippen molar-refractivity contribution in [3.63, 3.8) is 0 Å². The van der Waals surface area contributed by atoms with Crippen molar-refractivity contribution in [3.8, 4) is 0 Å². The Bertz CT molecular complexity index is 221. The van der Waals surface area contributed by atoms with Crippen molar-refractivity contribution < 1.29 is 9.84 Å². The highest BCUT2D eigenvalue weighted by Gasteiger charge is 2.25. The zero-order chi connectivity index (χ0) is 14.8. The average molecular weight is 284 g/mol. The second kappa shape index (κ2) is 10.6. The predicted octanol–water partition coefficient (Wildman–Crippen LogP) is 5.08. The van der Waals surface area contributed by atoms with Gasteiger partial charge in [0.1, 0.15) is 0 Å². The maximum atomic E-state index is 9.51. The van der Waals surface area contributed by atoms with Crippen LogP contribution in [0, 0.1) is 5.92 Å². The topological polar surface area (TPSA) is 29.5 Å². The van der Waals surface area contributed by atoms with E-state index in [1.165, 1.54) is 64.2 Å². The number of rotatable bonds is 10. The van der Waals surface area contributed by atoms with Gasteiger partial charge in [-0.1, -0.05) is 51.9 Å². The lowest BCUT2D eigenvalue weighted by molar-refractivity contribution is -0.0623. The third-order valence-corrected chi connectivity index (χ3v) is 4.60. The molecule has 0 aromatic carbocycles. The zero-order valence-corrected chi connectivity index (χ0v) is 13.9. The minimum absolute atomic E-state index is 0.188. The molecular weight excluding hydrogens is 248 g/mol. The molecule has 3 atom stereocenters. The predicted molar refractivity (Wildman–Crippen MR) is 86.0 cm³/mol. The van der Waals surface area contributed by atoms with Crippen molar-refractivity contribution in [2.45, 2.75) is 110 Å². The molecule has 0 amide bonds. The van der Waals surface area contributed by atoms with Crippen molar-refractivity contribution in [1.82, 2.24) is 0 Å². The van der Waals surface area contributed by atoms with Crippen molar-refractivity contribution >= 4 is 0 Å². The highest BCUT2D eigenvalue weighted by Crippen LogP contribution is 2.31. The van der Waals surface area contributed by atoms with Crippen LogP contribution < -0.4 is 0 Å². The SMILES string of the molecule is CCCCCC[C@H](O[C@H](C)C[C@@H](C)O)C1CCCCC1. The van der Waals surface area contributed by atoms with Gasteiger partial charge < -0.3 is 9.84 Å². The molecule has 0 bridgehead atoms. The summed E-state index contributed by atoms with van der Waals surface area (Å²) in [4.78, 5) is 0. The van der Waals surface area contributed by atoms with Crippen LogP contribution in [0.25, 0.3) is 0 Å². The smallest absolute Gasteiger partial charge is 0.0606 e. The van der Waals surface area contributed by atoms with E-state index in [2.05, 4.69) is 13.8 Å². The molecule has 0 saturated heterocycles. The van der Waals surface area contributed by atoms with E-state index in [0.717, 1.165) is 12.3 Å². The molecule has 2 nitrogen and oxygen atoms in total. The molecule has 0 spiro atoms. The Morgan fingerprint density at radius 2 is 1.75 bits per heavy atom. The largest absolute Gasteiger partial charge is 0.393 e. The van der Waals surface area contributed by atoms with Gasteiger partial charge in [0.2, 0.25) is 0 Å². The molecule has 1 aliphatic carbocycles. The summed E-state index contributed by atoms with van der Waals surface area (Å²) in [6.45, 7) is 6.24. The molecule has 0 heterocycles. The number of ether oxygens (including phenoxy) is 1. The van der Waals surface area contributed by atoms with E-state index in [9.17, 15) is 5.11 Å². The second-order valence-corrected chi connectivity index (χ2v) is 6.82. The molecule has 2 heteroatoms. The first kappa shape index (κ1) is 18.0. The van der Waals surface area contributed by atoms with E-state index in [1.54, 1.807) is 0 Å². The van der Waals surface area contributed by atoms with Crippen LogP contribution in [0.4, 0.5) is 0 Å². The zero-order valence-electron chi connectivity index (χ0n) is 13.9. The highest BCUT2D eigenvalue weighted by atomic mass is 16.5. The Balaban J connectivity index is 2.40. The lowest BCUT2D eigenvalue weighted by Gasteiger charge is -2.33. The van der Waals surface area contributed by atoms with Crippen LogP contribution in [0.1, 0.15) is 91.4 Å². The quantitative estimate of drug-likeness (QED) is 0.567.